The van der Waals surface area contributed by atoms with Gasteiger partial charge in [-0.25, -0.2) is 0 Å². The summed E-state index contributed by atoms with van der Waals surface area (Å²) < 4.78 is 6.55. The molecule has 41 heavy (non-hydrogen) atoms. The van der Waals surface area contributed by atoms with Crippen molar-refractivity contribution in [2.75, 3.05) is 0 Å². The molecule has 8 rings (SSSR count). The number of hydrogen-bond acceptors (Lipinski definition) is 2. The summed E-state index contributed by atoms with van der Waals surface area (Å²) in [6, 6.07) is 39.4. The topological polar surface area (TPSA) is 22.1 Å². The van der Waals surface area contributed by atoms with Crippen molar-refractivity contribution in [3.63, 3.8) is 0 Å². The molecule has 0 saturated carbocycles. The first-order chi connectivity index (χ1) is 20.2. The summed E-state index contributed by atoms with van der Waals surface area (Å²) in [5.74, 6) is 1.73. The molecule has 0 N–H and O–H groups in total. The largest absolute Gasteiger partial charge is 0.457 e. The summed E-state index contributed by atoms with van der Waals surface area (Å²) in [5, 5.41) is 3.66. The van der Waals surface area contributed by atoms with E-state index in [0.29, 0.717) is 0 Å². The van der Waals surface area contributed by atoms with Crippen LogP contribution in [0.15, 0.2) is 152 Å². The Morgan fingerprint density at radius 2 is 1.54 bits per heavy atom. The van der Waals surface area contributed by atoms with E-state index in [4.69, 9.17) is 9.72 Å². The summed E-state index contributed by atoms with van der Waals surface area (Å²) >= 11 is 0. The number of hydrogen-bond donors (Lipinski definition) is 0. The molecule has 0 bridgehead atoms. The van der Waals surface area contributed by atoms with Gasteiger partial charge in [0.15, 0.2) is 0 Å². The van der Waals surface area contributed by atoms with Gasteiger partial charge >= 0.3 is 0 Å². The van der Waals surface area contributed by atoms with Gasteiger partial charge in [0.25, 0.3) is 0 Å². The van der Waals surface area contributed by atoms with Gasteiger partial charge in [0.05, 0.1) is 10.9 Å². The number of allylic oxidation sites excluding steroid dienone is 4. The predicted octanol–water partition coefficient (Wildman–Crippen LogP) is 9.78. The predicted molar refractivity (Wildman–Crippen MR) is 169 cm³/mol. The molecule has 1 aromatic heterocycles. The lowest BCUT2D eigenvalue weighted by Crippen LogP contribution is -2.33. The molecular formula is C39H27NO. The van der Waals surface area contributed by atoms with Crippen LogP contribution in [0.1, 0.15) is 23.6 Å². The highest BCUT2D eigenvalue weighted by atomic mass is 16.5. The van der Waals surface area contributed by atoms with E-state index >= 15 is 0 Å². The van der Waals surface area contributed by atoms with Gasteiger partial charge in [0.1, 0.15) is 11.5 Å². The van der Waals surface area contributed by atoms with Crippen LogP contribution in [-0.2, 0) is 5.41 Å². The van der Waals surface area contributed by atoms with Crippen molar-refractivity contribution < 1.29 is 4.74 Å². The first kappa shape index (κ1) is 23.7. The number of nitrogens with zero attached hydrogens (tertiary/aromatic N) is 1. The SMILES string of the molecule is C=C/C=C\C1=C(C)C2(c3ccccc3O1)c1cc(-c3ccc4ccccc4c3)ccc1-c1c2ccc2ncccc12. The third-order valence-electron chi connectivity index (χ3n) is 8.79. The van der Waals surface area contributed by atoms with Crippen LogP contribution in [0.3, 0.4) is 0 Å². The maximum absolute atomic E-state index is 6.55. The molecule has 5 aromatic carbocycles. The molecular weight excluding hydrogens is 498 g/mol. The number of ether oxygens (including phenoxy) is 1. The highest BCUT2D eigenvalue weighted by Crippen LogP contribution is 2.61. The molecule has 1 atom stereocenters. The van der Waals surface area contributed by atoms with Gasteiger partial charge in [0, 0.05) is 17.1 Å². The van der Waals surface area contributed by atoms with Gasteiger partial charge in [0.2, 0.25) is 0 Å². The minimum atomic E-state index is -0.517. The minimum absolute atomic E-state index is 0.517. The Labute approximate surface area is 239 Å². The van der Waals surface area contributed by atoms with Gasteiger partial charge in [-0.3, -0.25) is 4.98 Å². The van der Waals surface area contributed by atoms with Crippen molar-refractivity contribution in [1.82, 2.24) is 4.98 Å². The average Bonchev–Trinajstić information content (AvgIpc) is 3.32. The van der Waals surface area contributed by atoms with E-state index in [9.17, 15) is 0 Å². The maximum Gasteiger partial charge on any atom is 0.132 e. The Morgan fingerprint density at radius 3 is 2.44 bits per heavy atom. The summed E-state index contributed by atoms with van der Waals surface area (Å²) in [6.07, 6.45) is 7.65. The third kappa shape index (κ3) is 3.28. The van der Waals surface area contributed by atoms with E-state index in [-0.39, 0.29) is 0 Å². The Hall–Kier alpha value is -5.21. The lowest BCUT2D eigenvalue weighted by molar-refractivity contribution is 0.399. The summed E-state index contributed by atoms with van der Waals surface area (Å²) in [5.41, 5.74) is 10.2. The van der Waals surface area contributed by atoms with Crippen molar-refractivity contribution in [3.05, 3.63) is 168 Å². The number of aromatic nitrogens is 1. The molecule has 2 aliphatic rings. The number of para-hydroxylation sites is 1. The Morgan fingerprint density at radius 1 is 0.732 bits per heavy atom. The van der Waals surface area contributed by atoms with Crippen LogP contribution in [0.2, 0.25) is 0 Å². The maximum atomic E-state index is 6.55. The van der Waals surface area contributed by atoms with Crippen molar-refractivity contribution in [2.45, 2.75) is 12.3 Å². The van der Waals surface area contributed by atoms with Crippen LogP contribution < -0.4 is 4.74 Å². The van der Waals surface area contributed by atoms with Gasteiger partial charge in [-0.15, -0.1) is 0 Å². The van der Waals surface area contributed by atoms with E-state index in [0.717, 1.165) is 28.2 Å². The zero-order valence-electron chi connectivity index (χ0n) is 22.8. The zero-order chi connectivity index (χ0) is 27.6. The average molecular weight is 526 g/mol. The zero-order valence-corrected chi connectivity index (χ0v) is 22.8. The van der Waals surface area contributed by atoms with E-state index < -0.39 is 5.41 Å². The van der Waals surface area contributed by atoms with Crippen molar-refractivity contribution >= 4 is 21.7 Å². The molecule has 0 fully saturated rings. The monoisotopic (exact) mass is 525 g/mol. The Bertz CT molecular complexity index is 2110. The molecule has 1 aliphatic carbocycles. The van der Waals surface area contributed by atoms with E-state index in [1.165, 1.54) is 49.5 Å². The van der Waals surface area contributed by atoms with Gasteiger partial charge in [-0.05, 0) is 93.1 Å². The van der Waals surface area contributed by atoms with Crippen LogP contribution in [0.5, 0.6) is 5.75 Å². The second kappa shape index (κ2) is 8.90. The van der Waals surface area contributed by atoms with Crippen LogP contribution in [0, 0.1) is 0 Å². The molecule has 0 amide bonds. The molecule has 1 spiro atoms. The molecule has 2 nitrogen and oxygen atoms in total. The van der Waals surface area contributed by atoms with E-state index in [1.807, 2.05) is 24.4 Å². The number of benzene rings is 5. The second-order valence-corrected chi connectivity index (χ2v) is 10.8. The molecule has 0 radical (unpaired) electrons. The fraction of sp³-hybridized carbons (Fsp3) is 0.0513. The van der Waals surface area contributed by atoms with Gasteiger partial charge in [-0.1, -0.05) is 97.6 Å². The first-order valence-electron chi connectivity index (χ1n) is 14.0. The lowest BCUT2D eigenvalue weighted by atomic mass is 9.65. The lowest BCUT2D eigenvalue weighted by Gasteiger charge is -2.39. The molecule has 2 heterocycles. The van der Waals surface area contributed by atoms with Crippen LogP contribution >= 0.6 is 0 Å². The third-order valence-corrected chi connectivity index (χ3v) is 8.79. The minimum Gasteiger partial charge on any atom is -0.457 e. The smallest absolute Gasteiger partial charge is 0.132 e. The summed E-state index contributed by atoms with van der Waals surface area (Å²) in [4.78, 5) is 4.72. The van der Waals surface area contributed by atoms with Crippen molar-refractivity contribution in [2.24, 2.45) is 0 Å². The standard InChI is InChI=1S/C39H27NO/c1-3-4-14-36-25(2)39(32-13-7-8-15-37(32)41-36)33-20-21-35-31(12-9-22-40-35)38(33)30-19-18-29(24-34(30)39)28-17-16-26-10-5-6-11-27(26)23-28/h3-24H,1H2,2H3/b14-4-. The quantitative estimate of drug-likeness (QED) is 0.215. The molecule has 194 valence electrons. The van der Waals surface area contributed by atoms with Gasteiger partial charge < -0.3 is 4.74 Å². The Balaban J connectivity index is 1.50. The number of fused-ring (bicyclic) bond motifs is 10. The Kier molecular flexibility index (Phi) is 5.14. The first-order valence-corrected chi connectivity index (χ1v) is 14.0. The highest BCUT2D eigenvalue weighted by molar-refractivity contribution is 6.03. The van der Waals surface area contributed by atoms with Crippen LogP contribution in [0.25, 0.3) is 43.9 Å². The fourth-order valence-corrected chi connectivity index (χ4v) is 6.98. The molecule has 1 aliphatic heterocycles. The van der Waals surface area contributed by atoms with Crippen LogP contribution in [-0.4, -0.2) is 4.98 Å². The normalized spacial score (nSPS) is 17.1. The second-order valence-electron chi connectivity index (χ2n) is 10.8. The highest BCUT2D eigenvalue weighted by Gasteiger charge is 2.51. The van der Waals surface area contributed by atoms with E-state index in [1.54, 1.807) is 6.08 Å². The number of pyridine rings is 1. The van der Waals surface area contributed by atoms with E-state index in [2.05, 4.69) is 117 Å². The van der Waals surface area contributed by atoms with Crippen molar-refractivity contribution in [3.8, 4) is 28.0 Å². The fourth-order valence-electron chi connectivity index (χ4n) is 6.98. The molecule has 6 aromatic rings. The van der Waals surface area contributed by atoms with Crippen molar-refractivity contribution in [1.29, 1.82) is 0 Å². The molecule has 2 heteroatoms. The molecule has 1 unspecified atom stereocenters. The van der Waals surface area contributed by atoms with Gasteiger partial charge in [-0.2, -0.15) is 0 Å². The number of rotatable bonds is 3. The molecule has 0 saturated heterocycles. The van der Waals surface area contributed by atoms with Crippen LogP contribution in [0.4, 0.5) is 0 Å². The summed E-state index contributed by atoms with van der Waals surface area (Å²) in [7, 11) is 0. The summed E-state index contributed by atoms with van der Waals surface area (Å²) in [6.45, 7) is 6.12.